The molecule has 0 spiro atoms. The van der Waals surface area contributed by atoms with Crippen LogP contribution < -0.4 is 5.73 Å². The van der Waals surface area contributed by atoms with E-state index in [-0.39, 0.29) is 17.0 Å². The second-order valence-electron chi connectivity index (χ2n) is 3.92. The summed E-state index contributed by atoms with van der Waals surface area (Å²) in [5.74, 6) is 0.904. The molecular weight excluding hydrogens is 240 g/mol. The first-order valence-electron chi connectivity index (χ1n) is 5.34. The van der Waals surface area contributed by atoms with Crippen molar-refractivity contribution in [1.29, 1.82) is 0 Å². The van der Waals surface area contributed by atoms with Crippen LogP contribution in [0.3, 0.4) is 0 Å². The maximum atomic E-state index is 12.1. The molecule has 1 saturated heterocycles. The van der Waals surface area contributed by atoms with Crippen molar-refractivity contribution in [1.82, 2.24) is 4.90 Å². The molecule has 92 valence electrons. The van der Waals surface area contributed by atoms with Gasteiger partial charge in [0.15, 0.2) is 5.76 Å². The highest BCUT2D eigenvalue weighted by Crippen LogP contribution is 2.13. The summed E-state index contributed by atoms with van der Waals surface area (Å²) >= 11 is 4.87. The fourth-order valence-electron chi connectivity index (χ4n) is 1.71. The predicted octanol–water partition coefficient (Wildman–Crippen LogP) is 0.715. The van der Waals surface area contributed by atoms with E-state index in [0.717, 1.165) is 0 Å². The summed E-state index contributed by atoms with van der Waals surface area (Å²) in [6, 6.07) is 3.43. The Hall–Kier alpha value is -1.40. The number of thiocarbonyl (C=S) groups is 1. The molecule has 1 amide bonds. The molecule has 5 nitrogen and oxygen atoms in total. The van der Waals surface area contributed by atoms with Gasteiger partial charge in [-0.2, -0.15) is 0 Å². The lowest BCUT2D eigenvalue weighted by molar-refractivity contribution is 0.00728. The van der Waals surface area contributed by atoms with Crippen LogP contribution in [0.15, 0.2) is 16.5 Å². The van der Waals surface area contributed by atoms with Gasteiger partial charge in [0.1, 0.15) is 16.9 Å². The number of aryl methyl sites for hydroxylation is 1. The number of nitrogens with two attached hydrogens (primary N) is 1. The number of hydrogen-bond donors (Lipinski definition) is 1. The molecule has 1 aliphatic heterocycles. The van der Waals surface area contributed by atoms with Gasteiger partial charge in [-0.25, -0.2) is 0 Å². The maximum absolute atomic E-state index is 12.1. The van der Waals surface area contributed by atoms with Gasteiger partial charge >= 0.3 is 0 Å². The fourth-order valence-corrected chi connectivity index (χ4v) is 1.85. The van der Waals surface area contributed by atoms with E-state index in [1.54, 1.807) is 24.0 Å². The van der Waals surface area contributed by atoms with Gasteiger partial charge in [-0.15, -0.1) is 0 Å². The van der Waals surface area contributed by atoms with Crippen LogP contribution in [-0.4, -0.2) is 41.6 Å². The first-order chi connectivity index (χ1) is 8.08. The number of morpholine rings is 1. The summed E-state index contributed by atoms with van der Waals surface area (Å²) < 4.78 is 10.7. The second-order valence-corrected chi connectivity index (χ2v) is 4.39. The van der Waals surface area contributed by atoms with Gasteiger partial charge in [0.05, 0.1) is 13.2 Å². The van der Waals surface area contributed by atoms with E-state index in [2.05, 4.69) is 0 Å². The van der Waals surface area contributed by atoms with Crippen molar-refractivity contribution < 1.29 is 13.9 Å². The second kappa shape index (κ2) is 4.85. The summed E-state index contributed by atoms with van der Waals surface area (Å²) in [5.41, 5.74) is 5.52. The summed E-state index contributed by atoms with van der Waals surface area (Å²) in [4.78, 5) is 14.0. The largest absolute Gasteiger partial charge is 0.456 e. The van der Waals surface area contributed by atoms with Gasteiger partial charge < -0.3 is 19.8 Å². The van der Waals surface area contributed by atoms with Crippen LogP contribution in [0.25, 0.3) is 0 Å². The highest BCUT2D eigenvalue weighted by atomic mass is 32.1. The number of nitrogens with zero attached hydrogens (tertiary/aromatic N) is 1. The van der Waals surface area contributed by atoms with Crippen molar-refractivity contribution in [3.63, 3.8) is 0 Å². The molecule has 1 atom stereocenters. The molecule has 1 aliphatic rings. The van der Waals surface area contributed by atoms with Crippen LogP contribution in [0, 0.1) is 6.92 Å². The first kappa shape index (κ1) is 12.1. The minimum atomic E-state index is -0.362. The van der Waals surface area contributed by atoms with Crippen LogP contribution in [0.4, 0.5) is 0 Å². The number of amides is 1. The molecule has 1 fully saturated rings. The standard InChI is InChI=1S/C11H14N2O3S/c1-7-2-3-8(16-7)11(14)13-4-5-15-9(6-13)10(12)17/h2-3,9H,4-6H2,1H3,(H2,12,17). The lowest BCUT2D eigenvalue weighted by Crippen LogP contribution is -2.49. The first-order valence-corrected chi connectivity index (χ1v) is 5.75. The van der Waals surface area contributed by atoms with E-state index in [9.17, 15) is 4.79 Å². The predicted molar refractivity (Wildman–Crippen MR) is 65.9 cm³/mol. The Morgan fingerprint density at radius 1 is 1.59 bits per heavy atom. The molecule has 0 aliphatic carbocycles. The number of hydrogen-bond acceptors (Lipinski definition) is 4. The van der Waals surface area contributed by atoms with Crippen molar-refractivity contribution in [3.05, 3.63) is 23.7 Å². The Bertz CT molecular complexity index is 444. The van der Waals surface area contributed by atoms with E-state index >= 15 is 0 Å². The quantitative estimate of drug-likeness (QED) is 0.787. The summed E-state index contributed by atoms with van der Waals surface area (Å²) in [6.07, 6.45) is -0.362. The van der Waals surface area contributed by atoms with E-state index < -0.39 is 0 Å². The van der Waals surface area contributed by atoms with Crippen LogP contribution in [-0.2, 0) is 4.74 Å². The lowest BCUT2D eigenvalue weighted by Gasteiger charge is -2.31. The van der Waals surface area contributed by atoms with Crippen LogP contribution in [0.2, 0.25) is 0 Å². The Balaban J connectivity index is 2.07. The minimum Gasteiger partial charge on any atom is -0.456 e. The molecule has 0 aromatic carbocycles. The molecule has 6 heteroatoms. The van der Waals surface area contributed by atoms with Gasteiger partial charge in [-0.1, -0.05) is 12.2 Å². The smallest absolute Gasteiger partial charge is 0.289 e. The zero-order valence-electron chi connectivity index (χ0n) is 9.51. The Labute approximate surface area is 105 Å². The molecule has 2 rings (SSSR count). The highest BCUT2D eigenvalue weighted by Gasteiger charge is 2.27. The molecular formula is C11H14N2O3S. The number of ether oxygens (including phenoxy) is 1. The van der Waals surface area contributed by atoms with Crippen molar-refractivity contribution >= 4 is 23.1 Å². The van der Waals surface area contributed by atoms with E-state index in [1.807, 2.05) is 0 Å². The van der Waals surface area contributed by atoms with Gasteiger partial charge in [0.2, 0.25) is 0 Å². The number of carbonyl (C=O) groups excluding carboxylic acids is 1. The van der Waals surface area contributed by atoms with Gasteiger partial charge in [-0.3, -0.25) is 4.79 Å². The molecule has 1 aromatic heterocycles. The van der Waals surface area contributed by atoms with E-state index in [1.165, 1.54) is 0 Å². The number of carbonyl (C=O) groups is 1. The average Bonchev–Trinajstić information content (AvgIpc) is 2.75. The van der Waals surface area contributed by atoms with Crippen molar-refractivity contribution in [2.75, 3.05) is 19.7 Å². The third kappa shape index (κ3) is 2.65. The van der Waals surface area contributed by atoms with Crippen molar-refractivity contribution in [3.8, 4) is 0 Å². The zero-order valence-corrected chi connectivity index (χ0v) is 10.3. The average molecular weight is 254 g/mol. The lowest BCUT2D eigenvalue weighted by atomic mass is 10.2. The number of furan rings is 1. The fraction of sp³-hybridized carbons (Fsp3) is 0.455. The topological polar surface area (TPSA) is 68.7 Å². The summed E-state index contributed by atoms with van der Waals surface area (Å²) in [7, 11) is 0. The monoisotopic (exact) mass is 254 g/mol. The molecule has 17 heavy (non-hydrogen) atoms. The third-order valence-electron chi connectivity index (χ3n) is 2.62. The number of rotatable bonds is 2. The molecule has 0 saturated carbocycles. The normalized spacial score (nSPS) is 20.3. The Kier molecular flexibility index (Phi) is 3.44. The molecule has 0 bridgehead atoms. The van der Waals surface area contributed by atoms with Crippen LogP contribution >= 0.6 is 12.2 Å². The maximum Gasteiger partial charge on any atom is 0.289 e. The zero-order chi connectivity index (χ0) is 12.4. The Morgan fingerprint density at radius 2 is 2.35 bits per heavy atom. The van der Waals surface area contributed by atoms with Crippen LogP contribution in [0.1, 0.15) is 16.3 Å². The molecule has 0 radical (unpaired) electrons. The summed E-state index contributed by atoms with van der Waals surface area (Å²) in [6.45, 7) is 3.15. The molecule has 2 heterocycles. The van der Waals surface area contributed by atoms with Gasteiger partial charge in [0, 0.05) is 6.54 Å². The van der Waals surface area contributed by atoms with Crippen molar-refractivity contribution in [2.45, 2.75) is 13.0 Å². The molecule has 1 aromatic rings. The molecule has 1 unspecified atom stereocenters. The SMILES string of the molecule is Cc1ccc(C(=O)N2CCOC(C(N)=S)C2)o1. The minimum absolute atomic E-state index is 0.150. The van der Waals surface area contributed by atoms with Gasteiger partial charge in [0.25, 0.3) is 5.91 Å². The third-order valence-corrected chi connectivity index (χ3v) is 2.89. The van der Waals surface area contributed by atoms with E-state index in [0.29, 0.717) is 31.2 Å². The van der Waals surface area contributed by atoms with Gasteiger partial charge in [-0.05, 0) is 19.1 Å². The molecule has 2 N–H and O–H groups in total. The van der Waals surface area contributed by atoms with E-state index in [4.69, 9.17) is 27.1 Å². The summed E-state index contributed by atoms with van der Waals surface area (Å²) in [5, 5.41) is 0. The van der Waals surface area contributed by atoms with Crippen LogP contribution in [0.5, 0.6) is 0 Å². The van der Waals surface area contributed by atoms with Crippen molar-refractivity contribution in [2.24, 2.45) is 5.73 Å². The highest BCUT2D eigenvalue weighted by molar-refractivity contribution is 7.80. The Morgan fingerprint density at radius 3 is 2.94 bits per heavy atom.